The van der Waals surface area contributed by atoms with E-state index in [1.165, 1.54) is 7.05 Å². The first-order chi connectivity index (χ1) is 14.7. The predicted molar refractivity (Wildman–Crippen MR) is 114 cm³/mol. The van der Waals surface area contributed by atoms with Gasteiger partial charge >= 0.3 is 6.08 Å². The van der Waals surface area contributed by atoms with Gasteiger partial charge in [0.2, 0.25) is 10.0 Å². The minimum atomic E-state index is -3.39. The number of hydrogen-bond donors (Lipinski definition) is 2. The summed E-state index contributed by atoms with van der Waals surface area (Å²) in [6.07, 6.45) is 0.929. The lowest BCUT2D eigenvalue weighted by Gasteiger charge is -2.12. The molecule has 0 bridgehead atoms. The number of nitrogens with two attached hydrogens (primary N) is 1. The van der Waals surface area contributed by atoms with Crippen molar-refractivity contribution in [1.82, 2.24) is 24.2 Å². The Labute approximate surface area is 179 Å². The lowest BCUT2D eigenvalue weighted by molar-refractivity contribution is 0.0994. The van der Waals surface area contributed by atoms with Crippen molar-refractivity contribution in [2.24, 2.45) is 0 Å². The first-order valence-electron chi connectivity index (χ1n) is 9.93. The van der Waals surface area contributed by atoms with Crippen molar-refractivity contribution >= 4 is 32.8 Å². The van der Waals surface area contributed by atoms with Crippen molar-refractivity contribution in [2.75, 3.05) is 18.5 Å². The second-order valence-corrected chi connectivity index (χ2v) is 9.69. The maximum atomic E-state index is 13.9. The number of sulfonamides is 1. The first-order valence-corrected chi connectivity index (χ1v) is 11.6. The van der Waals surface area contributed by atoms with E-state index >= 15 is 0 Å². The molecule has 0 fully saturated rings. The van der Waals surface area contributed by atoms with Crippen LogP contribution in [0, 0.1) is 13.0 Å². The van der Waals surface area contributed by atoms with E-state index in [1.807, 2.05) is 19.1 Å². The molecule has 0 radical (unpaired) electrons. The molecule has 31 heavy (non-hydrogen) atoms. The van der Waals surface area contributed by atoms with Gasteiger partial charge < -0.3 is 10.3 Å². The van der Waals surface area contributed by atoms with Crippen LogP contribution in [0.5, 0.6) is 0 Å². The van der Waals surface area contributed by atoms with Crippen LogP contribution in [0.3, 0.4) is 0 Å². The maximum absolute atomic E-state index is 13.9. The molecule has 9 nitrogen and oxygen atoms in total. The Bertz CT molecular complexity index is 1300. The number of carbonyl (C=O) groups is 1. The molecule has 0 amide bonds. The number of nitrogen functional groups attached to an aromatic ring is 1. The normalized spacial score (nSPS) is 13.8. The molecule has 3 aromatic rings. The average molecular weight is 447 g/mol. The largest absolute Gasteiger partial charge is 0.382 e. The van der Waals surface area contributed by atoms with Gasteiger partial charge in [0.05, 0.1) is 5.75 Å². The first kappa shape index (κ1) is 21.3. The van der Waals surface area contributed by atoms with Gasteiger partial charge in [-0.25, -0.2) is 18.1 Å². The van der Waals surface area contributed by atoms with E-state index in [2.05, 4.69) is 19.7 Å². The zero-order chi connectivity index (χ0) is 22.3. The molecule has 0 aliphatic heterocycles. The third-order valence-corrected chi connectivity index (χ3v) is 7.06. The number of fused-ring (bicyclic) bond motifs is 2. The van der Waals surface area contributed by atoms with E-state index in [9.17, 15) is 17.6 Å². The van der Waals surface area contributed by atoms with E-state index in [-0.39, 0.29) is 41.5 Å². The van der Waals surface area contributed by atoms with E-state index in [0.29, 0.717) is 18.7 Å². The van der Waals surface area contributed by atoms with Crippen molar-refractivity contribution in [2.45, 2.75) is 39.2 Å². The number of benzene rings is 1. The lowest BCUT2D eigenvalue weighted by atomic mass is 9.98. The van der Waals surface area contributed by atoms with Crippen LogP contribution in [-0.4, -0.2) is 46.5 Å². The summed E-state index contributed by atoms with van der Waals surface area (Å²) in [7, 11) is -2.03. The van der Waals surface area contributed by atoms with Crippen LogP contribution in [0.15, 0.2) is 12.1 Å². The number of ketones is 1. The molecule has 164 valence electrons. The fraction of sp³-hybridized carbons (Fsp3) is 0.400. The number of hydrogen-bond acceptors (Lipinski definition) is 7. The topological polar surface area (TPSA) is 133 Å². The molecule has 1 aliphatic rings. The highest BCUT2D eigenvalue weighted by Crippen LogP contribution is 2.28. The maximum Gasteiger partial charge on any atom is 0.312 e. The quantitative estimate of drug-likeness (QED) is 0.526. The minimum absolute atomic E-state index is 0.0776. The Hall–Kier alpha value is -2.92. The van der Waals surface area contributed by atoms with Crippen LogP contribution >= 0.6 is 0 Å². The van der Waals surface area contributed by atoms with Crippen molar-refractivity contribution in [3.8, 4) is 0 Å². The zero-order valence-corrected chi connectivity index (χ0v) is 18.1. The Kier molecular flexibility index (Phi) is 5.48. The highest BCUT2D eigenvalue weighted by atomic mass is 32.2. The molecule has 1 aromatic carbocycles. The number of aryl methyl sites for hydroxylation is 3. The second kappa shape index (κ2) is 7.97. The third kappa shape index (κ3) is 4.15. The lowest BCUT2D eigenvalue weighted by Crippen LogP contribution is -2.23. The highest BCUT2D eigenvalue weighted by Gasteiger charge is 2.23. The summed E-state index contributed by atoms with van der Waals surface area (Å²) < 4.78 is 41.4. The standard InChI is InChI=1S/C20H23FN6O3S/c1-11-8-12-4-5-15(28)14(12)9-13(11)10-16-24-17-18(22)25-20(21)26-19(17)27(16)6-3-7-31(29,30)23-2/h8-9,23H,3-7,10H2,1-2H3,(H2,22,25,26). The number of halogens is 1. The Morgan fingerprint density at radius 3 is 2.74 bits per heavy atom. The van der Waals surface area contributed by atoms with Crippen molar-refractivity contribution in [1.29, 1.82) is 0 Å². The fourth-order valence-corrected chi connectivity index (χ4v) is 4.66. The molecule has 11 heteroatoms. The summed E-state index contributed by atoms with van der Waals surface area (Å²) in [4.78, 5) is 24.1. The zero-order valence-electron chi connectivity index (χ0n) is 17.3. The molecule has 0 saturated heterocycles. The van der Waals surface area contributed by atoms with Crippen LogP contribution in [0.2, 0.25) is 0 Å². The molecular formula is C20H23FN6O3S. The number of anilines is 1. The second-order valence-electron chi connectivity index (χ2n) is 7.64. The van der Waals surface area contributed by atoms with Gasteiger partial charge in [-0.3, -0.25) is 4.79 Å². The predicted octanol–water partition coefficient (Wildman–Crippen LogP) is 1.52. The number of aromatic nitrogens is 4. The molecule has 0 atom stereocenters. The molecule has 0 spiro atoms. The van der Waals surface area contributed by atoms with E-state index in [4.69, 9.17) is 5.73 Å². The highest BCUT2D eigenvalue weighted by molar-refractivity contribution is 7.89. The van der Waals surface area contributed by atoms with Gasteiger partial charge in [-0.1, -0.05) is 6.07 Å². The van der Waals surface area contributed by atoms with Gasteiger partial charge in [0.15, 0.2) is 22.8 Å². The monoisotopic (exact) mass is 446 g/mol. The van der Waals surface area contributed by atoms with Crippen LogP contribution in [0.4, 0.5) is 10.2 Å². The van der Waals surface area contributed by atoms with Crippen molar-refractivity contribution < 1.29 is 17.6 Å². The number of Topliss-reactive ketones (excluding diaryl/α,β-unsaturated/α-hetero) is 1. The molecule has 4 rings (SSSR count). The van der Waals surface area contributed by atoms with E-state index in [0.717, 1.165) is 28.7 Å². The molecule has 0 unspecified atom stereocenters. The van der Waals surface area contributed by atoms with Crippen LogP contribution < -0.4 is 10.5 Å². The van der Waals surface area contributed by atoms with Gasteiger partial charge in [0.1, 0.15) is 5.82 Å². The Morgan fingerprint density at radius 1 is 1.23 bits per heavy atom. The molecule has 2 aromatic heterocycles. The molecule has 3 N–H and O–H groups in total. The van der Waals surface area contributed by atoms with Crippen LogP contribution in [-0.2, 0) is 29.4 Å². The molecular weight excluding hydrogens is 423 g/mol. The average Bonchev–Trinajstić information content (AvgIpc) is 3.23. The van der Waals surface area contributed by atoms with Gasteiger partial charge in [-0.05, 0) is 49.6 Å². The fourth-order valence-electron chi connectivity index (χ4n) is 3.95. The third-order valence-electron chi connectivity index (χ3n) is 5.61. The summed E-state index contributed by atoms with van der Waals surface area (Å²) in [6.45, 7) is 2.23. The summed E-state index contributed by atoms with van der Waals surface area (Å²) >= 11 is 0. The van der Waals surface area contributed by atoms with Crippen LogP contribution in [0.25, 0.3) is 11.2 Å². The number of nitrogens with one attached hydrogen (secondary N) is 1. The van der Waals surface area contributed by atoms with E-state index in [1.54, 1.807) is 4.57 Å². The van der Waals surface area contributed by atoms with Crippen molar-refractivity contribution in [3.05, 3.63) is 46.3 Å². The van der Waals surface area contributed by atoms with Gasteiger partial charge in [-0.2, -0.15) is 14.4 Å². The molecule has 0 saturated carbocycles. The number of nitrogens with zero attached hydrogens (tertiary/aromatic N) is 4. The van der Waals surface area contributed by atoms with Gasteiger partial charge in [0, 0.05) is 24.9 Å². The summed E-state index contributed by atoms with van der Waals surface area (Å²) in [6, 6.07) is 3.92. The van der Waals surface area contributed by atoms with Crippen molar-refractivity contribution in [3.63, 3.8) is 0 Å². The number of rotatable bonds is 7. The number of imidazole rings is 1. The smallest absolute Gasteiger partial charge is 0.312 e. The SMILES string of the molecule is CNS(=O)(=O)CCCn1c(Cc2cc3c(cc2C)CCC3=O)nc2c(N)nc(F)nc21. The summed E-state index contributed by atoms with van der Waals surface area (Å²) in [5.74, 6) is 0.500. The van der Waals surface area contributed by atoms with Crippen LogP contribution in [0.1, 0.15) is 45.7 Å². The number of carbonyl (C=O) groups excluding carboxylic acids is 1. The Morgan fingerprint density at radius 2 is 2.00 bits per heavy atom. The summed E-state index contributed by atoms with van der Waals surface area (Å²) in [5.41, 5.74) is 10.1. The molecule has 1 aliphatic carbocycles. The molecule has 2 heterocycles. The summed E-state index contributed by atoms with van der Waals surface area (Å²) in [5, 5.41) is 0. The van der Waals surface area contributed by atoms with E-state index < -0.39 is 16.1 Å². The minimum Gasteiger partial charge on any atom is -0.382 e. The Balaban J connectivity index is 1.74. The van der Waals surface area contributed by atoms with Gasteiger partial charge in [-0.15, -0.1) is 0 Å². The van der Waals surface area contributed by atoms with Gasteiger partial charge in [0.25, 0.3) is 0 Å².